The second-order valence-corrected chi connectivity index (χ2v) is 6.28. The molecule has 0 radical (unpaired) electrons. The molecule has 2 N–H and O–H groups in total. The van der Waals surface area contributed by atoms with Gasteiger partial charge < -0.3 is 15.4 Å². The van der Waals surface area contributed by atoms with Gasteiger partial charge in [-0.2, -0.15) is 0 Å². The molecule has 0 aliphatic carbocycles. The Labute approximate surface area is 147 Å². The summed E-state index contributed by atoms with van der Waals surface area (Å²) >= 11 is 0. The summed E-state index contributed by atoms with van der Waals surface area (Å²) in [5.74, 6) is -1.01. The number of amides is 1. The van der Waals surface area contributed by atoms with Crippen LogP contribution in [0.4, 0.5) is 0 Å². The van der Waals surface area contributed by atoms with Gasteiger partial charge in [-0.25, -0.2) is 4.79 Å². The van der Waals surface area contributed by atoms with Gasteiger partial charge in [-0.1, -0.05) is 60.7 Å². The molecule has 0 aromatic heterocycles. The molecule has 2 unspecified atom stereocenters. The van der Waals surface area contributed by atoms with E-state index >= 15 is 0 Å². The summed E-state index contributed by atoms with van der Waals surface area (Å²) in [6.45, 7) is 0.356. The van der Waals surface area contributed by atoms with Crippen molar-refractivity contribution in [3.8, 4) is 0 Å². The number of nitrogens with two attached hydrogens (primary N) is 1. The lowest BCUT2D eigenvalue weighted by atomic mass is 9.90. The van der Waals surface area contributed by atoms with Crippen LogP contribution in [-0.2, 0) is 14.3 Å². The molecule has 1 fully saturated rings. The van der Waals surface area contributed by atoms with E-state index in [-0.39, 0.29) is 11.9 Å². The van der Waals surface area contributed by atoms with E-state index in [1.807, 2.05) is 60.7 Å². The van der Waals surface area contributed by atoms with Gasteiger partial charge in [-0.15, -0.1) is 0 Å². The van der Waals surface area contributed by atoms with E-state index in [2.05, 4.69) is 0 Å². The van der Waals surface area contributed by atoms with Crippen molar-refractivity contribution in [3.05, 3.63) is 71.8 Å². The molecule has 1 heterocycles. The average molecular weight is 338 g/mol. The second-order valence-electron chi connectivity index (χ2n) is 6.28. The second kappa shape index (κ2) is 7.49. The Balaban J connectivity index is 1.98. The number of methoxy groups -OCH3 is 1. The van der Waals surface area contributed by atoms with Gasteiger partial charge in [0.05, 0.1) is 13.0 Å². The summed E-state index contributed by atoms with van der Waals surface area (Å²) in [5.41, 5.74) is 7.80. The number of esters is 1. The molecule has 2 aromatic rings. The maximum atomic E-state index is 13.4. The number of rotatable bonds is 4. The number of benzene rings is 2. The van der Waals surface area contributed by atoms with Crippen LogP contribution < -0.4 is 5.73 Å². The molecule has 0 spiro atoms. The predicted molar refractivity (Wildman–Crippen MR) is 94.8 cm³/mol. The summed E-state index contributed by atoms with van der Waals surface area (Å²) in [6.07, 6.45) is 0.425. The molecule has 25 heavy (non-hydrogen) atoms. The third kappa shape index (κ3) is 3.56. The smallest absolute Gasteiger partial charge is 0.328 e. The highest BCUT2D eigenvalue weighted by Gasteiger charge is 2.41. The molecule has 2 atom stereocenters. The molecular formula is C20H22N2O3. The highest BCUT2D eigenvalue weighted by molar-refractivity contribution is 5.91. The van der Waals surface area contributed by atoms with Gasteiger partial charge in [0.15, 0.2) is 0 Å². The molecule has 0 bridgehead atoms. The standard InChI is InChI=1S/C20H22N2O3/c1-25-20(24)17-12-16(21)13-22(17)19(23)18(14-8-4-2-5-9-14)15-10-6-3-7-11-15/h2-11,16-18H,12-13,21H2,1H3. The van der Waals surface area contributed by atoms with E-state index in [0.717, 1.165) is 11.1 Å². The highest BCUT2D eigenvalue weighted by atomic mass is 16.5. The van der Waals surface area contributed by atoms with Crippen LogP contribution >= 0.6 is 0 Å². The van der Waals surface area contributed by atoms with Crippen LogP contribution in [0.1, 0.15) is 23.5 Å². The van der Waals surface area contributed by atoms with E-state index < -0.39 is 17.9 Å². The van der Waals surface area contributed by atoms with E-state index in [1.54, 1.807) is 4.90 Å². The molecule has 1 saturated heterocycles. The van der Waals surface area contributed by atoms with Crippen LogP contribution in [0.5, 0.6) is 0 Å². The fourth-order valence-electron chi connectivity index (χ4n) is 3.41. The molecule has 1 amide bonds. The van der Waals surface area contributed by atoms with Gasteiger partial charge in [0, 0.05) is 12.6 Å². The molecule has 0 saturated carbocycles. The van der Waals surface area contributed by atoms with Crippen molar-refractivity contribution in [3.63, 3.8) is 0 Å². The van der Waals surface area contributed by atoms with Crippen molar-refractivity contribution in [2.45, 2.75) is 24.4 Å². The summed E-state index contributed by atoms with van der Waals surface area (Å²) in [6, 6.07) is 18.3. The number of likely N-dealkylation sites (tertiary alicyclic amines) is 1. The van der Waals surface area contributed by atoms with Gasteiger partial charge in [0.2, 0.25) is 5.91 Å². The number of carbonyl (C=O) groups excluding carboxylic acids is 2. The van der Waals surface area contributed by atoms with Crippen LogP contribution in [0.2, 0.25) is 0 Å². The third-order valence-corrected chi connectivity index (χ3v) is 4.60. The van der Waals surface area contributed by atoms with Crippen LogP contribution in [-0.4, -0.2) is 42.5 Å². The maximum absolute atomic E-state index is 13.4. The van der Waals surface area contributed by atoms with Gasteiger partial charge >= 0.3 is 5.97 Å². The van der Waals surface area contributed by atoms with Gasteiger partial charge in [0.25, 0.3) is 0 Å². The molecule has 1 aliphatic rings. The number of ether oxygens (including phenoxy) is 1. The lowest BCUT2D eigenvalue weighted by Gasteiger charge is -2.28. The SMILES string of the molecule is COC(=O)C1CC(N)CN1C(=O)C(c1ccccc1)c1ccccc1. The summed E-state index contributed by atoms with van der Waals surface area (Å²) in [4.78, 5) is 27.1. The molecule has 130 valence electrons. The third-order valence-electron chi connectivity index (χ3n) is 4.60. The Kier molecular flexibility index (Phi) is 5.14. The summed E-state index contributed by atoms with van der Waals surface area (Å²) in [5, 5.41) is 0. The van der Waals surface area contributed by atoms with Gasteiger partial charge in [-0.3, -0.25) is 4.79 Å². The Bertz CT molecular complexity index is 694. The van der Waals surface area contributed by atoms with Crippen molar-refractivity contribution >= 4 is 11.9 Å². The quantitative estimate of drug-likeness (QED) is 0.865. The van der Waals surface area contributed by atoms with Crippen LogP contribution in [0.15, 0.2) is 60.7 Å². The van der Waals surface area contributed by atoms with Crippen molar-refractivity contribution in [2.75, 3.05) is 13.7 Å². The van der Waals surface area contributed by atoms with E-state index in [1.165, 1.54) is 7.11 Å². The Morgan fingerprint density at radius 2 is 1.56 bits per heavy atom. The van der Waals surface area contributed by atoms with Crippen LogP contribution in [0.25, 0.3) is 0 Å². The number of hydrogen-bond acceptors (Lipinski definition) is 4. The van der Waals surface area contributed by atoms with Crippen molar-refractivity contribution in [1.29, 1.82) is 0 Å². The first-order valence-corrected chi connectivity index (χ1v) is 8.35. The summed E-state index contributed by atoms with van der Waals surface area (Å²) in [7, 11) is 1.33. The summed E-state index contributed by atoms with van der Waals surface area (Å²) < 4.78 is 4.87. The zero-order valence-corrected chi connectivity index (χ0v) is 14.2. The fraction of sp³-hybridized carbons (Fsp3) is 0.300. The number of nitrogens with zero attached hydrogens (tertiary/aromatic N) is 1. The highest BCUT2D eigenvalue weighted by Crippen LogP contribution is 2.30. The average Bonchev–Trinajstić information content (AvgIpc) is 3.05. The molecule has 3 rings (SSSR count). The van der Waals surface area contributed by atoms with Crippen LogP contribution in [0, 0.1) is 0 Å². The van der Waals surface area contributed by atoms with Crippen molar-refractivity contribution in [2.24, 2.45) is 5.73 Å². The zero-order chi connectivity index (χ0) is 17.8. The van der Waals surface area contributed by atoms with Crippen molar-refractivity contribution in [1.82, 2.24) is 4.90 Å². The first kappa shape index (κ1) is 17.2. The zero-order valence-electron chi connectivity index (χ0n) is 14.2. The molecule has 2 aromatic carbocycles. The van der Waals surface area contributed by atoms with E-state index in [4.69, 9.17) is 10.5 Å². The molecule has 5 nitrogen and oxygen atoms in total. The Hall–Kier alpha value is -2.66. The lowest BCUT2D eigenvalue weighted by Crippen LogP contribution is -2.44. The van der Waals surface area contributed by atoms with E-state index in [0.29, 0.717) is 13.0 Å². The minimum atomic E-state index is -0.623. The van der Waals surface area contributed by atoms with Crippen molar-refractivity contribution < 1.29 is 14.3 Å². The molecular weight excluding hydrogens is 316 g/mol. The predicted octanol–water partition coefficient (Wildman–Crippen LogP) is 1.92. The monoisotopic (exact) mass is 338 g/mol. The fourth-order valence-corrected chi connectivity index (χ4v) is 3.41. The minimum Gasteiger partial charge on any atom is -0.467 e. The Morgan fingerprint density at radius 3 is 2.04 bits per heavy atom. The van der Waals surface area contributed by atoms with Crippen LogP contribution in [0.3, 0.4) is 0 Å². The Morgan fingerprint density at radius 1 is 1.04 bits per heavy atom. The van der Waals surface area contributed by atoms with E-state index in [9.17, 15) is 9.59 Å². The molecule has 1 aliphatic heterocycles. The minimum absolute atomic E-state index is 0.124. The largest absolute Gasteiger partial charge is 0.467 e. The number of carbonyl (C=O) groups is 2. The maximum Gasteiger partial charge on any atom is 0.328 e. The van der Waals surface area contributed by atoms with Gasteiger partial charge in [-0.05, 0) is 17.5 Å². The first-order chi connectivity index (χ1) is 12.1. The topological polar surface area (TPSA) is 72.6 Å². The van der Waals surface area contributed by atoms with Gasteiger partial charge in [0.1, 0.15) is 6.04 Å². The first-order valence-electron chi connectivity index (χ1n) is 8.35. The number of hydrogen-bond donors (Lipinski definition) is 1. The lowest BCUT2D eigenvalue weighted by molar-refractivity contribution is -0.151. The molecule has 5 heteroatoms. The normalized spacial score (nSPS) is 19.9.